The highest BCUT2D eigenvalue weighted by molar-refractivity contribution is 5.91. The minimum absolute atomic E-state index is 0.0174. The third kappa shape index (κ3) is 3.22. The second-order valence-electron chi connectivity index (χ2n) is 5.22. The molecule has 10 nitrogen and oxygen atoms in total. The molecule has 10 heteroatoms. The van der Waals surface area contributed by atoms with Crippen molar-refractivity contribution < 1.29 is 4.79 Å². The molecule has 0 unspecified atom stereocenters. The molecule has 0 spiro atoms. The molecule has 1 amide bonds. The van der Waals surface area contributed by atoms with E-state index in [1.54, 1.807) is 12.1 Å². The minimum atomic E-state index is -0.606. The first kappa shape index (κ1) is 16.3. The Balaban J connectivity index is 1.76. The summed E-state index contributed by atoms with van der Waals surface area (Å²) < 4.78 is 2.03. The number of nitrogens with one attached hydrogen (secondary N) is 2. The molecule has 0 aliphatic heterocycles. The Morgan fingerprint density at radius 3 is 2.80 bits per heavy atom. The molecule has 0 saturated carbocycles. The molecule has 3 heterocycles. The summed E-state index contributed by atoms with van der Waals surface area (Å²) >= 11 is 0. The molecule has 2 N–H and O–H groups in total. The van der Waals surface area contributed by atoms with Crippen LogP contribution < -0.4 is 22.1 Å². The smallest absolute Gasteiger partial charge is 0.330 e. The topological polar surface area (TPSA) is 132 Å². The standard InChI is InChI=1S/C15H14N6O4/c1-20-11(22)5-4-10(19-20)13(23)17-7-8-21-14(24)9-3-2-6-16-12(9)18-15(21)25/h2-6H,7-8H2,1H3,(H,17,23)(H,16,18,25). The van der Waals surface area contributed by atoms with Crippen molar-refractivity contribution in [1.29, 1.82) is 0 Å². The maximum Gasteiger partial charge on any atom is 0.330 e. The lowest BCUT2D eigenvalue weighted by atomic mass is 10.3. The Morgan fingerprint density at radius 2 is 2.04 bits per heavy atom. The van der Waals surface area contributed by atoms with E-state index in [0.717, 1.165) is 9.25 Å². The van der Waals surface area contributed by atoms with Crippen LogP contribution in [-0.2, 0) is 13.6 Å². The Kier molecular flexibility index (Phi) is 4.25. The van der Waals surface area contributed by atoms with Gasteiger partial charge in [0.1, 0.15) is 11.3 Å². The number of aromatic amines is 1. The van der Waals surface area contributed by atoms with Gasteiger partial charge in [0, 0.05) is 32.4 Å². The Labute approximate surface area is 139 Å². The van der Waals surface area contributed by atoms with E-state index < -0.39 is 17.2 Å². The lowest BCUT2D eigenvalue weighted by Crippen LogP contribution is -2.39. The molecular weight excluding hydrogens is 328 g/mol. The fraction of sp³-hybridized carbons (Fsp3) is 0.200. The molecule has 128 valence electrons. The van der Waals surface area contributed by atoms with Crippen LogP contribution in [0.5, 0.6) is 0 Å². The summed E-state index contributed by atoms with van der Waals surface area (Å²) in [6.07, 6.45) is 1.47. The molecule has 0 aliphatic carbocycles. The van der Waals surface area contributed by atoms with Gasteiger partial charge in [-0.2, -0.15) is 5.10 Å². The quantitative estimate of drug-likeness (QED) is 0.600. The van der Waals surface area contributed by atoms with Gasteiger partial charge >= 0.3 is 5.69 Å². The highest BCUT2D eigenvalue weighted by Gasteiger charge is 2.10. The number of H-pyrrole nitrogens is 1. The molecule has 25 heavy (non-hydrogen) atoms. The van der Waals surface area contributed by atoms with Crippen LogP contribution in [0.15, 0.2) is 44.8 Å². The van der Waals surface area contributed by atoms with Gasteiger partial charge in [0.05, 0.1) is 5.39 Å². The number of nitrogens with zero attached hydrogens (tertiary/aromatic N) is 4. The number of carbonyl (C=O) groups excluding carboxylic acids is 1. The lowest BCUT2D eigenvalue weighted by Gasteiger charge is -2.08. The summed E-state index contributed by atoms with van der Waals surface area (Å²) in [6, 6.07) is 5.69. The van der Waals surface area contributed by atoms with E-state index in [-0.39, 0.29) is 35.4 Å². The predicted octanol–water partition coefficient (Wildman–Crippen LogP) is -1.39. The van der Waals surface area contributed by atoms with E-state index in [9.17, 15) is 19.2 Å². The number of carbonyl (C=O) groups is 1. The zero-order valence-corrected chi connectivity index (χ0v) is 13.2. The van der Waals surface area contributed by atoms with Crippen LogP contribution in [0.4, 0.5) is 0 Å². The van der Waals surface area contributed by atoms with Crippen LogP contribution >= 0.6 is 0 Å². The summed E-state index contributed by atoms with van der Waals surface area (Å²) in [5, 5.41) is 6.66. The van der Waals surface area contributed by atoms with Crippen LogP contribution in [0.2, 0.25) is 0 Å². The van der Waals surface area contributed by atoms with Crippen molar-refractivity contribution in [1.82, 2.24) is 29.6 Å². The molecule has 3 aromatic rings. The van der Waals surface area contributed by atoms with Crippen molar-refractivity contribution in [3.8, 4) is 0 Å². The van der Waals surface area contributed by atoms with E-state index in [1.165, 1.54) is 25.4 Å². The third-order valence-corrected chi connectivity index (χ3v) is 3.57. The van der Waals surface area contributed by atoms with Crippen molar-refractivity contribution in [2.45, 2.75) is 6.54 Å². The summed E-state index contributed by atoms with van der Waals surface area (Å²) in [6.45, 7) is 0.0224. The van der Waals surface area contributed by atoms with Gasteiger partial charge in [0.25, 0.3) is 17.0 Å². The lowest BCUT2D eigenvalue weighted by molar-refractivity contribution is 0.0944. The Bertz CT molecular complexity index is 1130. The number of pyridine rings is 1. The number of hydrogen-bond donors (Lipinski definition) is 2. The second-order valence-corrected chi connectivity index (χ2v) is 5.22. The zero-order chi connectivity index (χ0) is 18.0. The van der Waals surface area contributed by atoms with Gasteiger partial charge in [0.2, 0.25) is 0 Å². The number of aromatic nitrogens is 5. The first-order valence-corrected chi connectivity index (χ1v) is 7.38. The third-order valence-electron chi connectivity index (χ3n) is 3.57. The maximum absolute atomic E-state index is 12.3. The van der Waals surface area contributed by atoms with Crippen molar-refractivity contribution >= 4 is 16.9 Å². The number of hydrogen-bond acceptors (Lipinski definition) is 6. The summed E-state index contributed by atoms with van der Waals surface area (Å²) in [7, 11) is 1.43. The molecule has 0 radical (unpaired) electrons. The van der Waals surface area contributed by atoms with E-state index in [4.69, 9.17) is 0 Å². The maximum atomic E-state index is 12.3. The number of aryl methyl sites for hydroxylation is 1. The SMILES string of the molecule is Cn1nc(C(=O)NCCn2c(=O)[nH]c3ncccc3c2=O)ccc1=O. The molecule has 0 saturated heterocycles. The predicted molar refractivity (Wildman–Crippen MR) is 88.4 cm³/mol. The van der Waals surface area contributed by atoms with Gasteiger partial charge in [-0.1, -0.05) is 0 Å². The largest absolute Gasteiger partial charge is 0.349 e. The molecule has 0 fully saturated rings. The van der Waals surface area contributed by atoms with Crippen molar-refractivity contribution in [3.63, 3.8) is 0 Å². The first-order chi connectivity index (χ1) is 12.0. The second kappa shape index (κ2) is 6.51. The van der Waals surface area contributed by atoms with Crippen LogP contribution in [0.25, 0.3) is 11.0 Å². The number of rotatable bonds is 4. The average molecular weight is 342 g/mol. The van der Waals surface area contributed by atoms with E-state index >= 15 is 0 Å². The van der Waals surface area contributed by atoms with Crippen molar-refractivity contribution in [2.24, 2.45) is 7.05 Å². The molecule has 0 atom stereocenters. The molecule has 0 aliphatic rings. The highest BCUT2D eigenvalue weighted by atomic mass is 16.2. The van der Waals surface area contributed by atoms with Gasteiger partial charge in [-0.05, 0) is 18.2 Å². The van der Waals surface area contributed by atoms with E-state index in [1.807, 2.05) is 0 Å². The number of amides is 1. The van der Waals surface area contributed by atoms with Gasteiger partial charge in [-0.3, -0.25) is 23.9 Å². The normalized spacial score (nSPS) is 10.8. The summed E-state index contributed by atoms with van der Waals surface area (Å²) in [5.74, 6) is -0.512. The van der Waals surface area contributed by atoms with Crippen LogP contribution in [0.1, 0.15) is 10.5 Å². The molecular formula is C15H14N6O4. The Morgan fingerprint density at radius 1 is 1.24 bits per heavy atom. The number of fused-ring (bicyclic) bond motifs is 1. The minimum Gasteiger partial charge on any atom is -0.349 e. The molecule has 3 rings (SSSR count). The molecule has 0 bridgehead atoms. The van der Waals surface area contributed by atoms with Crippen molar-refractivity contribution in [2.75, 3.05) is 6.54 Å². The van der Waals surface area contributed by atoms with Crippen LogP contribution in [-0.4, -0.2) is 36.8 Å². The fourth-order valence-corrected chi connectivity index (χ4v) is 2.28. The highest BCUT2D eigenvalue weighted by Crippen LogP contribution is 1.98. The van der Waals surface area contributed by atoms with Crippen LogP contribution in [0, 0.1) is 0 Å². The average Bonchev–Trinajstić information content (AvgIpc) is 2.60. The summed E-state index contributed by atoms with van der Waals surface area (Å²) in [4.78, 5) is 54.0. The van der Waals surface area contributed by atoms with Gasteiger partial charge in [0.15, 0.2) is 0 Å². The zero-order valence-electron chi connectivity index (χ0n) is 13.2. The Hall–Kier alpha value is -3.56. The summed E-state index contributed by atoms with van der Waals surface area (Å²) in [5.41, 5.74) is -1.15. The van der Waals surface area contributed by atoms with Gasteiger partial charge in [-0.25, -0.2) is 14.5 Å². The molecule has 3 aromatic heterocycles. The van der Waals surface area contributed by atoms with Crippen molar-refractivity contribution in [3.05, 3.63) is 67.3 Å². The first-order valence-electron chi connectivity index (χ1n) is 7.38. The fourth-order valence-electron chi connectivity index (χ4n) is 2.28. The molecule has 0 aromatic carbocycles. The van der Waals surface area contributed by atoms with Crippen LogP contribution in [0.3, 0.4) is 0 Å². The monoisotopic (exact) mass is 342 g/mol. The van der Waals surface area contributed by atoms with Gasteiger partial charge in [-0.15, -0.1) is 0 Å². The van der Waals surface area contributed by atoms with E-state index in [2.05, 4.69) is 20.4 Å². The van der Waals surface area contributed by atoms with E-state index in [0.29, 0.717) is 0 Å². The van der Waals surface area contributed by atoms with Gasteiger partial charge < -0.3 is 5.32 Å².